The summed E-state index contributed by atoms with van der Waals surface area (Å²) < 4.78 is 29.8. The Bertz CT molecular complexity index is 956. The molecule has 1 aromatic heterocycles. The quantitative estimate of drug-likeness (QED) is 0.611. The molecule has 5 nitrogen and oxygen atoms in total. The average molecular weight is 382 g/mol. The van der Waals surface area contributed by atoms with Crippen molar-refractivity contribution in [2.24, 2.45) is 0 Å². The standard InChI is InChI=1S/C22H23FN2O3/c1-26-20-9-8-15(12-21(20)27-2)19-7-4-10-25(19)13-18-14-28-22(24-18)16-5-3-6-17(23)11-16/h3,5-6,8-9,11-12,14,19H,4,7,10,13H2,1-2H3/t19-/m1/s1. The second kappa shape index (κ2) is 8.02. The van der Waals surface area contributed by atoms with Crippen LogP contribution >= 0.6 is 0 Å². The first-order valence-electron chi connectivity index (χ1n) is 9.34. The van der Waals surface area contributed by atoms with Crippen molar-refractivity contribution in [1.82, 2.24) is 9.88 Å². The highest BCUT2D eigenvalue weighted by atomic mass is 19.1. The molecule has 146 valence electrons. The second-order valence-electron chi connectivity index (χ2n) is 6.90. The Morgan fingerprint density at radius 3 is 2.79 bits per heavy atom. The van der Waals surface area contributed by atoms with E-state index in [4.69, 9.17) is 13.9 Å². The molecule has 0 radical (unpaired) electrons. The largest absolute Gasteiger partial charge is 0.493 e. The molecule has 1 aliphatic rings. The third kappa shape index (κ3) is 3.73. The lowest BCUT2D eigenvalue weighted by atomic mass is 10.0. The highest BCUT2D eigenvalue weighted by Gasteiger charge is 2.27. The van der Waals surface area contributed by atoms with Crippen molar-refractivity contribution in [3.63, 3.8) is 0 Å². The van der Waals surface area contributed by atoms with Crippen molar-refractivity contribution in [3.8, 4) is 23.0 Å². The van der Waals surface area contributed by atoms with E-state index in [2.05, 4.69) is 16.0 Å². The van der Waals surface area contributed by atoms with Gasteiger partial charge >= 0.3 is 0 Å². The molecule has 1 fully saturated rings. The summed E-state index contributed by atoms with van der Waals surface area (Å²) in [5.74, 6) is 1.61. The van der Waals surface area contributed by atoms with Gasteiger partial charge in [0.05, 0.1) is 19.9 Å². The van der Waals surface area contributed by atoms with Crippen LogP contribution in [0.15, 0.2) is 53.1 Å². The van der Waals surface area contributed by atoms with Gasteiger partial charge in [-0.2, -0.15) is 0 Å². The van der Waals surface area contributed by atoms with Crippen molar-refractivity contribution in [3.05, 3.63) is 65.8 Å². The van der Waals surface area contributed by atoms with E-state index < -0.39 is 0 Å². The van der Waals surface area contributed by atoms with Crippen LogP contribution in [0.5, 0.6) is 11.5 Å². The molecule has 0 aliphatic carbocycles. The van der Waals surface area contributed by atoms with Crippen molar-refractivity contribution in [2.75, 3.05) is 20.8 Å². The molecule has 0 saturated carbocycles. The molecule has 2 heterocycles. The average Bonchev–Trinajstić information content (AvgIpc) is 3.37. The minimum atomic E-state index is -0.301. The highest BCUT2D eigenvalue weighted by molar-refractivity contribution is 5.53. The summed E-state index contributed by atoms with van der Waals surface area (Å²) in [7, 11) is 3.29. The zero-order valence-electron chi connectivity index (χ0n) is 16.0. The maximum atomic E-state index is 13.4. The molecule has 4 rings (SSSR count). The number of rotatable bonds is 6. The molecular formula is C22H23FN2O3. The Morgan fingerprint density at radius 1 is 1.14 bits per heavy atom. The monoisotopic (exact) mass is 382 g/mol. The molecule has 6 heteroatoms. The second-order valence-corrected chi connectivity index (χ2v) is 6.90. The lowest BCUT2D eigenvalue weighted by Crippen LogP contribution is -2.23. The van der Waals surface area contributed by atoms with Crippen molar-refractivity contribution >= 4 is 0 Å². The van der Waals surface area contributed by atoms with Gasteiger partial charge in [0, 0.05) is 18.2 Å². The van der Waals surface area contributed by atoms with Crippen LogP contribution in [0.1, 0.15) is 30.1 Å². The number of aromatic nitrogens is 1. The summed E-state index contributed by atoms with van der Waals surface area (Å²) in [6, 6.07) is 12.7. The Kier molecular flexibility index (Phi) is 5.30. The van der Waals surface area contributed by atoms with Gasteiger partial charge in [0.1, 0.15) is 12.1 Å². The van der Waals surface area contributed by atoms with E-state index in [0.717, 1.165) is 36.6 Å². The zero-order valence-corrected chi connectivity index (χ0v) is 16.0. The van der Waals surface area contributed by atoms with E-state index in [-0.39, 0.29) is 11.9 Å². The fourth-order valence-electron chi connectivity index (χ4n) is 3.79. The third-order valence-corrected chi connectivity index (χ3v) is 5.14. The van der Waals surface area contributed by atoms with Gasteiger partial charge in [-0.25, -0.2) is 9.37 Å². The van der Waals surface area contributed by atoms with Crippen LogP contribution in [-0.2, 0) is 6.54 Å². The number of nitrogens with zero attached hydrogens (tertiary/aromatic N) is 2. The van der Waals surface area contributed by atoms with Gasteiger partial charge in [0.15, 0.2) is 11.5 Å². The first-order valence-corrected chi connectivity index (χ1v) is 9.34. The van der Waals surface area contributed by atoms with Crippen LogP contribution in [0, 0.1) is 5.82 Å². The summed E-state index contributed by atoms with van der Waals surface area (Å²) >= 11 is 0. The number of oxazole rings is 1. The molecule has 0 bridgehead atoms. The topological polar surface area (TPSA) is 47.7 Å². The number of hydrogen-bond acceptors (Lipinski definition) is 5. The van der Waals surface area contributed by atoms with E-state index in [1.54, 1.807) is 32.6 Å². The maximum Gasteiger partial charge on any atom is 0.226 e. The lowest BCUT2D eigenvalue weighted by molar-refractivity contribution is 0.244. The molecular weight excluding hydrogens is 359 g/mol. The van der Waals surface area contributed by atoms with Crippen molar-refractivity contribution in [1.29, 1.82) is 0 Å². The predicted octanol–water partition coefficient (Wildman–Crippen LogP) is 4.84. The first-order chi connectivity index (χ1) is 13.7. The summed E-state index contributed by atoms with van der Waals surface area (Å²) in [5, 5.41) is 0. The van der Waals surface area contributed by atoms with Crippen LogP contribution in [-0.4, -0.2) is 30.6 Å². The summed E-state index contributed by atoms with van der Waals surface area (Å²) in [4.78, 5) is 6.94. The van der Waals surface area contributed by atoms with Crippen LogP contribution in [0.4, 0.5) is 4.39 Å². The molecule has 1 saturated heterocycles. The van der Waals surface area contributed by atoms with Crippen LogP contribution in [0.3, 0.4) is 0 Å². The predicted molar refractivity (Wildman–Crippen MR) is 104 cm³/mol. The van der Waals surface area contributed by atoms with Gasteiger partial charge in [0.2, 0.25) is 5.89 Å². The number of halogens is 1. The molecule has 0 unspecified atom stereocenters. The normalized spacial score (nSPS) is 17.0. The number of benzene rings is 2. The fourth-order valence-corrected chi connectivity index (χ4v) is 3.79. The number of likely N-dealkylation sites (tertiary alicyclic amines) is 1. The Balaban J connectivity index is 1.52. The van der Waals surface area contributed by atoms with E-state index in [0.29, 0.717) is 18.0 Å². The highest BCUT2D eigenvalue weighted by Crippen LogP contribution is 2.37. The first kappa shape index (κ1) is 18.5. The van der Waals surface area contributed by atoms with Crippen molar-refractivity contribution in [2.45, 2.75) is 25.4 Å². The SMILES string of the molecule is COc1ccc([C@H]2CCCN2Cc2coc(-c3cccc(F)c3)n2)cc1OC. The maximum absolute atomic E-state index is 13.4. The Morgan fingerprint density at radius 2 is 2.00 bits per heavy atom. The van der Waals surface area contributed by atoms with E-state index >= 15 is 0 Å². The minimum Gasteiger partial charge on any atom is -0.493 e. The van der Waals surface area contributed by atoms with Gasteiger partial charge < -0.3 is 13.9 Å². The lowest BCUT2D eigenvalue weighted by Gasteiger charge is -2.24. The smallest absolute Gasteiger partial charge is 0.226 e. The molecule has 0 amide bonds. The van der Waals surface area contributed by atoms with Crippen LogP contribution < -0.4 is 9.47 Å². The molecule has 1 aliphatic heterocycles. The fraction of sp³-hybridized carbons (Fsp3) is 0.318. The van der Waals surface area contributed by atoms with Gasteiger partial charge in [0.25, 0.3) is 0 Å². The van der Waals surface area contributed by atoms with Gasteiger partial charge in [-0.1, -0.05) is 12.1 Å². The van der Waals surface area contributed by atoms with Crippen molar-refractivity contribution < 1.29 is 18.3 Å². The number of hydrogen-bond donors (Lipinski definition) is 0. The third-order valence-electron chi connectivity index (χ3n) is 5.14. The van der Waals surface area contributed by atoms with Gasteiger partial charge in [-0.15, -0.1) is 0 Å². The summed E-state index contributed by atoms with van der Waals surface area (Å²) in [6.07, 6.45) is 3.85. The molecule has 1 atom stereocenters. The molecule has 0 N–H and O–H groups in total. The van der Waals surface area contributed by atoms with Gasteiger partial charge in [-0.3, -0.25) is 4.90 Å². The summed E-state index contributed by atoms with van der Waals surface area (Å²) in [5.41, 5.74) is 2.68. The van der Waals surface area contributed by atoms with E-state index in [9.17, 15) is 4.39 Å². The number of ether oxygens (including phenoxy) is 2. The molecule has 28 heavy (non-hydrogen) atoms. The molecule has 0 spiro atoms. The zero-order chi connectivity index (χ0) is 19.5. The Hall–Kier alpha value is -2.86. The Labute approximate surface area is 163 Å². The van der Waals surface area contributed by atoms with Gasteiger partial charge in [-0.05, 0) is 55.3 Å². The van der Waals surface area contributed by atoms with E-state index in [1.807, 2.05) is 12.1 Å². The van der Waals surface area contributed by atoms with E-state index in [1.165, 1.54) is 17.7 Å². The molecule has 2 aromatic carbocycles. The minimum absolute atomic E-state index is 0.286. The van der Waals surface area contributed by atoms with Crippen LogP contribution in [0.25, 0.3) is 11.5 Å². The summed E-state index contributed by atoms with van der Waals surface area (Å²) in [6.45, 7) is 1.67. The number of methoxy groups -OCH3 is 2. The van der Waals surface area contributed by atoms with Crippen LogP contribution in [0.2, 0.25) is 0 Å². The molecule has 3 aromatic rings.